The fourth-order valence-corrected chi connectivity index (χ4v) is 4.64. The van der Waals surface area contributed by atoms with Crippen LogP contribution in [0.4, 0.5) is 4.79 Å². The number of hydrogen-bond donors (Lipinski definition) is 0. The number of halogens is 1. The van der Waals surface area contributed by atoms with Crippen molar-refractivity contribution in [3.63, 3.8) is 0 Å². The smallest absolute Gasteiger partial charge is 0.293 e. The minimum Gasteiger partial charge on any atom is -0.493 e. The third kappa shape index (κ3) is 5.99. The van der Waals surface area contributed by atoms with Gasteiger partial charge in [-0.05, 0) is 65.7 Å². The molecule has 0 spiro atoms. The zero-order chi connectivity index (χ0) is 24.8. The number of benzene rings is 3. The first-order chi connectivity index (χ1) is 17.0. The largest absolute Gasteiger partial charge is 0.493 e. The number of methoxy groups -OCH3 is 1. The molecule has 180 valence electrons. The molecule has 0 aromatic heterocycles. The highest BCUT2D eigenvalue weighted by atomic mass is 35.5. The molecule has 8 heteroatoms. The maximum Gasteiger partial charge on any atom is 0.293 e. The van der Waals surface area contributed by atoms with E-state index >= 15 is 0 Å². The van der Waals surface area contributed by atoms with E-state index in [1.807, 2.05) is 61.5 Å². The van der Waals surface area contributed by atoms with Gasteiger partial charge in [-0.2, -0.15) is 0 Å². The maximum absolute atomic E-state index is 12.8. The predicted molar refractivity (Wildman–Crippen MR) is 138 cm³/mol. The molecule has 3 aromatic carbocycles. The molecule has 2 amide bonds. The Morgan fingerprint density at radius 1 is 1.00 bits per heavy atom. The fraction of sp³-hybridized carbons (Fsp3) is 0.185. The van der Waals surface area contributed by atoms with Crippen molar-refractivity contribution in [2.24, 2.45) is 0 Å². The molecule has 1 aliphatic rings. The zero-order valence-corrected chi connectivity index (χ0v) is 20.9. The third-order valence-corrected chi connectivity index (χ3v) is 6.57. The number of amides is 2. The van der Waals surface area contributed by atoms with Crippen LogP contribution < -0.4 is 14.2 Å². The fourth-order valence-electron chi connectivity index (χ4n) is 3.50. The van der Waals surface area contributed by atoms with E-state index < -0.39 is 0 Å². The number of para-hydroxylation sites is 1. The average molecular weight is 510 g/mol. The lowest BCUT2D eigenvalue weighted by atomic mass is 10.1. The minimum atomic E-state index is -0.369. The summed E-state index contributed by atoms with van der Waals surface area (Å²) in [6.07, 6.45) is 1.63. The van der Waals surface area contributed by atoms with Crippen LogP contribution in [0.2, 0.25) is 5.02 Å². The van der Waals surface area contributed by atoms with Gasteiger partial charge < -0.3 is 14.2 Å². The first kappa shape index (κ1) is 24.7. The molecule has 35 heavy (non-hydrogen) atoms. The number of imide groups is 1. The van der Waals surface area contributed by atoms with Crippen LogP contribution >= 0.6 is 23.4 Å². The molecule has 0 bridgehead atoms. The van der Waals surface area contributed by atoms with Gasteiger partial charge in [0.1, 0.15) is 19.0 Å². The van der Waals surface area contributed by atoms with Crippen LogP contribution in [0.15, 0.2) is 71.6 Å². The summed E-state index contributed by atoms with van der Waals surface area (Å²) >= 11 is 7.39. The van der Waals surface area contributed by atoms with Gasteiger partial charge in [-0.3, -0.25) is 14.5 Å². The molecule has 3 aromatic rings. The quantitative estimate of drug-likeness (QED) is 0.313. The third-order valence-electron chi connectivity index (χ3n) is 5.38. The van der Waals surface area contributed by atoms with Crippen LogP contribution in [-0.2, 0) is 11.4 Å². The van der Waals surface area contributed by atoms with E-state index in [-0.39, 0.29) is 24.3 Å². The number of rotatable bonds is 9. The Hall–Kier alpha value is -3.42. The van der Waals surface area contributed by atoms with Crippen LogP contribution in [0, 0.1) is 6.92 Å². The van der Waals surface area contributed by atoms with Gasteiger partial charge in [-0.15, -0.1) is 0 Å². The molecule has 0 radical (unpaired) electrons. The normalized spacial score (nSPS) is 14.5. The maximum atomic E-state index is 12.8. The number of hydrogen-bond acceptors (Lipinski definition) is 6. The molecule has 6 nitrogen and oxygen atoms in total. The van der Waals surface area contributed by atoms with Crippen molar-refractivity contribution in [3.8, 4) is 17.2 Å². The van der Waals surface area contributed by atoms with E-state index in [2.05, 4.69) is 0 Å². The number of carbonyl (C=O) groups excluding carboxylic acids is 2. The summed E-state index contributed by atoms with van der Waals surface area (Å²) in [5.41, 5.74) is 2.78. The Balaban J connectivity index is 1.45. The Labute approximate surface area is 213 Å². The summed E-state index contributed by atoms with van der Waals surface area (Å²) < 4.78 is 17.1. The van der Waals surface area contributed by atoms with Crippen molar-refractivity contribution in [1.29, 1.82) is 0 Å². The van der Waals surface area contributed by atoms with Crippen molar-refractivity contribution < 1.29 is 23.8 Å². The molecule has 1 fully saturated rings. The highest BCUT2D eigenvalue weighted by Crippen LogP contribution is 2.39. The number of carbonyl (C=O) groups is 2. The molecule has 0 N–H and O–H groups in total. The molecular formula is C27H24ClNO5S. The van der Waals surface area contributed by atoms with Crippen LogP contribution in [0.5, 0.6) is 17.2 Å². The first-order valence-corrected chi connectivity index (χ1v) is 12.1. The summed E-state index contributed by atoms with van der Waals surface area (Å²) in [6, 6.07) is 20.6. The summed E-state index contributed by atoms with van der Waals surface area (Å²) in [5.74, 6) is 1.17. The molecule has 1 aliphatic heterocycles. The highest BCUT2D eigenvalue weighted by Gasteiger charge is 2.35. The molecule has 0 saturated carbocycles. The Morgan fingerprint density at radius 2 is 1.74 bits per heavy atom. The molecule has 4 rings (SSSR count). The van der Waals surface area contributed by atoms with E-state index in [1.165, 1.54) is 12.0 Å². The molecular weight excluding hydrogens is 486 g/mol. The van der Waals surface area contributed by atoms with E-state index in [1.54, 1.807) is 18.2 Å². The van der Waals surface area contributed by atoms with Gasteiger partial charge in [0, 0.05) is 0 Å². The van der Waals surface area contributed by atoms with Crippen molar-refractivity contribution in [3.05, 3.63) is 93.3 Å². The lowest BCUT2D eigenvalue weighted by Gasteiger charge is -2.14. The number of aryl methyl sites for hydroxylation is 1. The molecule has 0 aliphatic carbocycles. The second-order valence-corrected chi connectivity index (χ2v) is 9.14. The first-order valence-electron chi connectivity index (χ1n) is 10.9. The molecule has 1 heterocycles. The van der Waals surface area contributed by atoms with Crippen molar-refractivity contribution >= 4 is 40.6 Å². The van der Waals surface area contributed by atoms with Crippen LogP contribution in [-0.4, -0.2) is 36.3 Å². The Kier molecular flexibility index (Phi) is 8.00. The van der Waals surface area contributed by atoms with E-state index in [9.17, 15) is 9.59 Å². The minimum absolute atomic E-state index is 0.159. The lowest BCUT2D eigenvalue weighted by Crippen LogP contribution is -2.32. The topological polar surface area (TPSA) is 65.1 Å². The van der Waals surface area contributed by atoms with Crippen molar-refractivity contribution in [2.75, 3.05) is 20.3 Å². The van der Waals surface area contributed by atoms with Crippen molar-refractivity contribution in [1.82, 2.24) is 4.90 Å². The van der Waals surface area contributed by atoms with Crippen LogP contribution in [0.3, 0.4) is 0 Å². The van der Waals surface area contributed by atoms with Gasteiger partial charge in [-0.1, -0.05) is 54.1 Å². The van der Waals surface area contributed by atoms with Crippen LogP contribution in [0.1, 0.15) is 16.7 Å². The highest BCUT2D eigenvalue weighted by molar-refractivity contribution is 8.18. The SMILES string of the molecule is COc1cc(/C=C2\SC(=O)N(CCOc3ccccc3)C2=O)cc(Cl)c1OCc1ccccc1C. The van der Waals surface area contributed by atoms with Crippen LogP contribution in [0.25, 0.3) is 6.08 Å². The summed E-state index contributed by atoms with van der Waals surface area (Å²) in [4.78, 5) is 26.7. The molecule has 1 saturated heterocycles. The Bertz CT molecular complexity index is 1260. The second-order valence-electron chi connectivity index (χ2n) is 7.74. The van der Waals surface area contributed by atoms with Gasteiger partial charge in [0.15, 0.2) is 11.5 Å². The van der Waals surface area contributed by atoms with Gasteiger partial charge in [-0.25, -0.2) is 0 Å². The number of nitrogens with zero attached hydrogens (tertiary/aromatic N) is 1. The van der Waals surface area contributed by atoms with E-state index in [0.717, 1.165) is 22.9 Å². The van der Waals surface area contributed by atoms with E-state index in [4.69, 9.17) is 25.8 Å². The average Bonchev–Trinajstić information content (AvgIpc) is 3.12. The monoisotopic (exact) mass is 509 g/mol. The van der Waals surface area contributed by atoms with Gasteiger partial charge in [0.2, 0.25) is 0 Å². The van der Waals surface area contributed by atoms with Gasteiger partial charge in [0.25, 0.3) is 11.1 Å². The summed E-state index contributed by atoms with van der Waals surface area (Å²) in [6.45, 7) is 2.72. The summed E-state index contributed by atoms with van der Waals surface area (Å²) in [5, 5.41) is 0.00818. The van der Waals surface area contributed by atoms with E-state index in [0.29, 0.717) is 39.3 Å². The van der Waals surface area contributed by atoms with Gasteiger partial charge in [0.05, 0.1) is 23.6 Å². The predicted octanol–water partition coefficient (Wildman–Crippen LogP) is 6.35. The summed E-state index contributed by atoms with van der Waals surface area (Å²) in [7, 11) is 1.52. The number of thioether (sulfide) groups is 1. The molecule has 0 atom stereocenters. The van der Waals surface area contributed by atoms with Crippen molar-refractivity contribution in [2.45, 2.75) is 13.5 Å². The Morgan fingerprint density at radius 3 is 2.49 bits per heavy atom. The number of ether oxygens (including phenoxy) is 3. The second kappa shape index (κ2) is 11.3. The zero-order valence-electron chi connectivity index (χ0n) is 19.3. The standard InChI is InChI=1S/C27H24ClNO5S/c1-18-8-6-7-9-20(18)17-34-25-22(28)14-19(15-23(25)32-2)16-24-26(30)29(27(31)35-24)12-13-33-21-10-4-3-5-11-21/h3-11,14-16H,12-13,17H2,1-2H3/b24-16-. The van der Waals surface area contributed by atoms with Gasteiger partial charge >= 0.3 is 0 Å². The molecule has 0 unspecified atom stereocenters. The lowest BCUT2D eigenvalue weighted by molar-refractivity contribution is -0.123.